The summed E-state index contributed by atoms with van der Waals surface area (Å²) in [7, 11) is 0. The van der Waals surface area contributed by atoms with Crippen LogP contribution in [0.25, 0.3) is 5.69 Å². The molecule has 2 fully saturated rings. The lowest BCUT2D eigenvalue weighted by Gasteiger charge is -2.37. The highest BCUT2D eigenvalue weighted by Crippen LogP contribution is 2.44. The van der Waals surface area contributed by atoms with Crippen LogP contribution in [0.15, 0.2) is 48.7 Å². The molecule has 1 saturated carbocycles. The van der Waals surface area contributed by atoms with E-state index in [9.17, 15) is 0 Å². The fourth-order valence-corrected chi connectivity index (χ4v) is 6.28. The lowest BCUT2D eigenvalue weighted by Crippen LogP contribution is -2.40. The van der Waals surface area contributed by atoms with Crippen molar-refractivity contribution in [3.05, 3.63) is 82.4 Å². The van der Waals surface area contributed by atoms with Crippen molar-refractivity contribution in [3.63, 3.8) is 0 Å². The standard InChI is InChI=1S/C28H34N4S/c1-18-11-10-15-25(20(18)3)31-19(2)17-23(21(31)4)27-26(24-14-8-9-16-29-24)30-28(33)32(27)22-12-6-5-7-13-22/h8-11,14-17,22,26-27H,5-7,12-13H2,1-4H3,(H,30,33)/t26-,27+/m1/s1. The van der Waals surface area contributed by atoms with Crippen molar-refractivity contribution in [2.75, 3.05) is 0 Å². The second-order valence-electron chi connectivity index (χ2n) is 9.71. The Balaban J connectivity index is 1.65. The third-order valence-electron chi connectivity index (χ3n) is 7.71. The van der Waals surface area contributed by atoms with Crippen LogP contribution < -0.4 is 5.32 Å². The minimum Gasteiger partial charge on any atom is -0.352 e. The first-order valence-electron chi connectivity index (χ1n) is 12.2. The van der Waals surface area contributed by atoms with Gasteiger partial charge in [-0.15, -0.1) is 0 Å². The van der Waals surface area contributed by atoms with Crippen molar-refractivity contribution in [3.8, 4) is 5.69 Å². The molecular weight excluding hydrogens is 424 g/mol. The maximum Gasteiger partial charge on any atom is 0.170 e. The summed E-state index contributed by atoms with van der Waals surface area (Å²) in [5, 5.41) is 4.54. The van der Waals surface area contributed by atoms with Crippen LogP contribution >= 0.6 is 12.2 Å². The fraction of sp³-hybridized carbons (Fsp3) is 0.429. The normalized spacial score (nSPS) is 21.5. The molecule has 2 aliphatic rings. The second kappa shape index (κ2) is 8.94. The first-order valence-corrected chi connectivity index (χ1v) is 12.6. The van der Waals surface area contributed by atoms with Gasteiger partial charge < -0.3 is 14.8 Å². The lowest BCUT2D eigenvalue weighted by molar-refractivity contribution is 0.197. The molecule has 172 valence electrons. The maximum absolute atomic E-state index is 5.97. The van der Waals surface area contributed by atoms with Gasteiger partial charge in [0.2, 0.25) is 0 Å². The summed E-state index contributed by atoms with van der Waals surface area (Å²) < 4.78 is 2.42. The Morgan fingerprint density at radius 3 is 2.48 bits per heavy atom. The average molecular weight is 459 g/mol. The summed E-state index contributed by atoms with van der Waals surface area (Å²) in [4.78, 5) is 7.25. The predicted octanol–water partition coefficient (Wildman–Crippen LogP) is 6.41. The van der Waals surface area contributed by atoms with Gasteiger partial charge in [0.1, 0.15) is 0 Å². The van der Waals surface area contributed by atoms with Crippen LogP contribution in [0.2, 0.25) is 0 Å². The zero-order chi connectivity index (χ0) is 23.1. The Bertz CT molecular complexity index is 1160. The topological polar surface area (TPSA) is 33.1 Å². The molecule has 1 aromatic carbocycles. The Labute approximate surface area is 203 Å². The van der Waals surface area contributed by atoms with Gasteiger partial charge >= 0.3 is 0 Å². The molecule has 1 saturated heterocycles. The Kier molecular flexibility index (Phi) is 6.00. The number of pyridine rings is 1. The summed E-state index contributed by atoms with van der Waals surface area (Å²) >= 11 is 5.97. The van der Waals surface area contributed by atoms with Gasteiger partial charge in [0.15, 0.2) is 5.11 Å². The van der Waals surface area contributed by atoms with Gasteiger partial charge in [-0.1, -0.05) is 37.5 Å². The quantitative estimate of drug-likeness (QED) is 0.458. The van der Waals surface area contributed by atoms with Crippen LogP contribution in [0.5, 0.6) is 0 Å². The van der Waals surface area contributed by atoms with Crippen molar-refractivity contribution in [2.24, 2.45) is 0 Å². The van der Waals surface area contributed by atoms with Crippen LogP contribution in [-0.4, -0.2) is 25.6 Å². The molecular formula is C28H34N4S. The Morgan fingerprint density at radius 1 is 0.970 bits per heavy atom. The number of nitrogens with zero attached hydrogens (tertiary/aromatic N) is 3. The third-order valence-corrected chi connectivity index (χ3v) is 8.04. The van der Waals surface area contributed by atoms with Gasteiger partial charge in [0, 0.05) is 29.3 Å². The third kappa shape index (κ3) is 3.86. The summed E-state index contributed by atoms with van der Waals surface area (Å²) in [6.07, 6.45) is 8.21. The molecule has 0 amide bonds. The highest BCUT2D eigenvalue weighted by Gasteiger charge is 2.44. The maximum atomic E-state index is 5.97. The fourth-order valence-electron chi connectivity index (χ4n) is 5.89. The summed E-state index contributed by atoms with van der Waals surface area (Å²) in [6, 6.07) is 15.8. The minimum absolute atomic E-state index is 0.0492. The van der Waals surface area contributed by atoms with E-state index in [0.29, 0.717) is 6.04 Å². The first-order chi connectivity index (χ1) is 16.0. The molecule has 5 heteroatoms. The van der Waals surface area contributed by atoms with E-state index in [2.05, 4.69) is 78.9 Å². The molecule has 1 N–H and O–H groups in total. The molecule has 0 spiro atoms. The van der Waals surface area contributed by atoms with Crippen molar-refractivity contribution in [1.29, 1.82) is 0 Å². The number of nitrogens with one attached hydrogen (secondary N) is 1. The number of thiocarbonyl (C=S) groups is 1. The first kappa shape index (κ1) is 22.1. The average Bonchev–Trinajstić information content (AvgIpc) is 3.32. The van der Waals surface area contributed by atoms with Crippen LogP contribution in [0.1, 0.15) is 78.0 Å². The van der Waals surface area contributed by atoms with Crippen molar-refractivity contribution in [2.45, 2.75) is 77.9 Å². The van der Waals surface area contributed by atoms with E-state index >= 15 is 0 Å². The van der Waals surface area contributed by atoms with E-state index in [0.717, 1.165) is 10.8 Å². The van der Waals surface area contributed by atoms with Crippen molar-refractivity contribution in [1.82, 2.24) is 19.8 Å². The van der Waals surface area contributed by atoms with Crippen LogP contribution in [0.4, 0.5) is 0 Å². The number of aryl methyl sites for hydroxylation is 2. The van der Waals surface area contributed by atoms with E-state index in [1.807, 2.05) is 12.3 Å². The molecule has 3 heterocycles. The minimum atomic E-state index is 0.0492. The van der Waals surface area contributed by atoms with Gasteiger partial charge in [-0.25, -0.2) is 0 Å². The number of rotatable bonds is 4. The van der Waals surface area contributed by atoms with E-state index in [4.69, 9.17) is 17.2 Å². The van der Waals surface area contributed by atoms with E-state index in [-0.39, 0.29) is 12.1 Å². The molecule has 0 radical (unpaired) electrons. The molecule has 4 nitrogen and oxygen atoms in total. The largest absolute Gasteiger partial charge is 0.352 e. The van der Waals surface area contributed by atoms with E-state index < -0.39 is 0 Å². The van der Waals surface area contributed by atoms with Crippen LogP contribution in [0, 0.1) is 27.7 Å². The zero-order valence-electron chi connectivity index (χ0n) is 20.1. The van der Waals surface area contributed by atoms with Gasteiger partial charge in [-0.3, -0.25) is 4.98 Å². The Morgan fingerprint density at radius 2 is 1.76 bits per heavy atom. The SMILES string of the molecule is Cc1cccc(-n2c(C)cc([C@H]3[C@@H](c4ccccn4)NC(=S)N3C3CCCCC3)c2C)c1C. The molecule has 2 atom stereocenters. The lowest BCUT2D eigenvalue weighted by atomic mass is 9.90. The summed E-state index contributed by atoms with van der Waals surface area (Å²) in [5.74, 6) is 0. The molecule has 5 rings (SSSR count). The summed E-state index contributed by atoms with van der Waals surface area (Å²) in [5.41, 5.74) is 8.87. The molecule has 1 aliphatic carbocycles. The molecule has 1 aliphatic heterocycles. The second-order valence-corrected chi connectivity index (χ2v) is 10.1. The molecule has 3 aromatic rings. The number of hydrogen-bond acceptors (Lipinski definition) is 2. The van der Waals surface area contributed by atoms with Gasteiger partial charge in [0.25, 0.3) is 0 Å². The van der Waals surface area contributed by atoms with Crippen molar-refractivity contribution >= 4 is 17.3 Å². The van der Waals surface area contributed by atoms with Crippen LogP contribution in [0.3, 0.4) is 0 Å². The molecule has 0 bridgehead atoms. The highest BCUT2D eigenvalue weighted by atomic mass is 32.1. The van der Waals surface area contributed by atoms with Gasteiger partial charge in [-0.2, -0.15) is 0 Å². The van der Waals surface area contributed by atoms with Crippen LogP contribution in [-0.2, 0) is 0 Å². The molecule has 2 aromatic heterocycles. The van der Waals surface area contributed by atoms with Crippen molar-refractivity contribution < 1.29 is 0 Å². The molecule has 33 heavy (non-hydrogen) atoms. The number of aromatic nitrogens is 2. The predicted molar refractivity (Wildman–Crippen MR) is 139 cm³/mol. The number of benzene rings is 1. The van der Waals surface area contributed by atoms with Gasteiger partial charge in [0.05, 0.1) is 17.8 Å². The summed E-state index contributed by atoms with van der Waals surface area (Å²) in [6.45, 7) is 8.90. The van der Waals surface area contributed by atoms with E-state index in [1.165, 1.54) is 65.9 Å². The van der Waals surface area contributed by atoms with E-state index in [1.54, 1.807) is 0 Å². The molecule has 0 unspecified atom stereocenters. The highest BCUT2D eigenvalue weighted by molar-refractivity contribution is 7.80. The van der Waals surface area contributed by atoms with Gasteiger partial charge in [-0.05, 0) is 93.7 Å². The number of hydrogen-bond donors (Lipinski definition) is 1. The smallest absolute Gasteiger partial charge is 0.170 e. The zero-order valence-corrected chi connectivity index (χ0v) is 21.0. The monoisotopic (exact) mass is 458 g/mol. The Hall–Kier alpha value is -2.66.